The number of fused-ring (bicyclic) bond motifs is 3. The Morgan fingerprint density at radius 1 is 1.12 bits per heavy atom. The minimum Gasteiger partial charge on any atom is -0.449 e. The molecule has 0 fully saturated rings. The van der Waals surface area contributed by atoms with E-state index in [9.17, 15) is 4.79 Å². The molecule has 1 unspecified atom stereocenters. The van der Waals surface area contributed by atoms with Crippen LogP contribution >= 0.6 is 0 Å². The third-order valence-corrected chi connectivity index (χ3v) is 4.80. The predicted octanol–water partition coefficient (Wildman–Crippen LogP) is 3.93. The summed E-state index contributed by atoms with van der Waals surface area (Å²) in [5.41, 5.74) is 4.89. The first-order chi connectivity index (χ1) is 12.2. The first kappa shape index (κ1) is 17.5. The molecule has 3 rings (SSSR count). The summed E-state index contributed by atoms with van der Waals surface area (Å²) in [5.74, 6) is 0.358. The molecule has 0 spiro atoms. The third kappa shape index (κ3) is 4.02. The van der Waals surface area contributed by atoms with Gasteiger partial charge in [-0.2, -0.15) is 0 Å². The van der Waals surface area contributed by atoms with Crippen molar-refractivity contribution in [3.05, 3.63) is 59.7 Å². The van der Waals surface area contributed by atoms with E-state index in [0.29, 0.717) is 13.2 Å². The number of rotatable bonds is 7. The number of amides is 1. The Labute approximate surface area is 148 Å². The van der Waals surface area contributed by atoms with Gasteiger partial charge in [-0.05, 0) is 41.0 Å². The summed E-state index contributed by atoms with van der Waals surface area (Å²) < 4.78 is 5.47. The molecule has 1 atom stereocenters. The number of hydrogen-bond donors (Lipinski definition) is 2. The average molecular weight is 339 g/mol. The molecule has 0 saturated carbocycles. The molecule has 2 aromatic carbocycles. The van der Waals surface area contributed by atoms with Crippen LogP contribution in [0.2, 0.25) is 0 Å². The molecular formula is C21H25NO3. The zero-order chi connectivity index (χ0) is 17.6. The number of aliphatic hydroxyl groups excluding tert-OH is 1. The molecule has 2 N–H and O–H groups in total. The van der Waals surface area contributed by atoms with Gasteiger partial charge in [-0.15, -0.1) is 0 Å². The molecule has 0 heterocycles. The molecule has 0 aromatic heterocycles. The molecule has 4 nitrogen and oxygen atoms in total. The number of ether oxygens (including phenoxy) is 1. The lowest BCUT2D eigenvalue weighted by Gasteiger charge is -2.15. The number of nitrogens with one attached hydrogen (secondary N) is 1. The van der Waals surface area contributed by atoms with E-state index in [1.54, 1.807) is 0 Å². The lowest BCUT2D eigenvalue weighted by Crippen LogP contribution is -2.27. The van der Waals surface area contributed by atoms with E-state index in [2.05, 4.69) is 29.6 Å². The van der Waals surface area contributed by atoms with Crippen molar-refractivity contribution in [3.8, 4) is 11.1 Å². The summed E-state index contributed by atoms with van der Waals surface area (Å²) in [4.78, 5) is 12.0. The second-order valence-electron chi connectivity index (χ2n) is 6.68. The fourth-order valence-electron chi connectivity index (χ4n) is 3.38. The molecule has 1 aliphatic carbocycles. The van der Waals surface area contributed by atoms with Crippen LogP contribution in [0, 0.1) is 5.92 Å². The number of hydrogen-bond acceptors (Lipinski definition) is 3. The second-order valence-corrected chi connectivity index (χ2v) is 6.68. The van der Waals surface area contributed by atoms with Crippen LogP contribution in [0.4, 0.5) is 4.79 Å². The highest BCUT2D eigenvalue weighted by molar-refractivity contribution is 5.79. The van der Waals surface area contributed by atoms with Gasteiger partial charge in [0.1, 0.15) is 6.61 Å². The number of aliphatic hydroxyl groups is 1. The van der Waals surface area contributed by atoms with Crippen LogP contribution in [0.15, 0.2) is 48.5 Å². The van der Waals surface area contributed by atoms with Gasteiger partial charge in [-0.3, -0.25) is 0 Å². The quantitative estimate of drug-likeness (QED) is 0.751. The molecule has 0 aliphatic heterocycles. The Morgan fingerprint density at radius 3 is 2.32 bits per heavy atom. The first-order valence-electron chi connectivity index (χ1n) is 8.90. The van der Waals surface area contributed by atoms with Crippen molar-refractivity contribution in [1.29, 1.82) is 0 Å². The molecule has 132 valence electrons. The van der Waals surface area contributed by atoms with Crippen molar-refractivity contribution in [1.82, 2.24) is 5.32 Å². The molecule has 1 amide bonds. The van der Waals surface area contributed by atoms with Gasteiger partial charge in [0.15, 0.2) is 0 Å². The Kier molecular flexibility index (Phi) is 5.71. The molecule has 2 aromatic rings. The van der Waals surface area contributed by atoms with Crippen LogP contribution in [-0.2, 0) is 4.74 Å². The highest BCUT2D eigenvalue weighted by Gasteiger charge is 2.28. The van der Waals surface area contributed by atoms with Crippen LogP contribution < -0.4 is 5.32 Å². The zero-order valence-electron chi connectivity index (χ0n) is 14.6. The van der Waals surface area contributed by atoms with Crippen LogP contribution in [0.1, 0.15) is 36.8 Å². The van der Waals surface area contributed by atoms with Crippen molar-refractivity contribution < 1.29 is 14.6 Å². The van der Waals surface area contributed by atoms with Gasteiger partial charge >= 0.3 is 6.09 Å². The maximum absolute atomic E-state index is 12.0. The van der Waals surface area contributed by atoms with E-state index in [0.717, 1.165) is 12.8 Å². The third-order valence-electron chi connectivity index (χ3n) is 4.80. The normalized spacial score (nSPS) is 13.8. The van der Waals surface area contributed by atoms with Gasteiger partial charge in [0.05, 0.1) is 0 Å². The smallest absolute Gasteiger partial charge is 0.407 e. The van der Waals surface area contributed by atoms with Gasteiger partial charge in [0, 0.05) is 19.1 Å². The van der Waals surface area contributed by atoms with Crippen LogP contribution in [0.3, 0.4) is 0 Å². The number of carbonyl (C=O) groups excluding carboxylic acids is 1. The minimum atomic E-state index is -0.376. The molecule has 25 heavy (non-hydrogen) atoms. The Balaban J connectivity index is 1.56. The van der Waals surface area contributed by atoms with Crippen molar-refractivity contribution >= 4 is 6.09 Å². The van der Waals surface area contributed by atoms with Gasteiger partial charge in [-0.25, -0.2) is 4.79 Å². The molecule has 0 bridgehead atoms. The van der Waals surface area contributed by atoms with Gasteiger partial charge in [-0.1, -0.05) is 55.5 Å². The minimum absolute atomic E-state index is 0.0903. The number of alkyl carbamates (subject to hydrolysis) is 1. The summed E-state index contributed by atoms with van der Waals surface area (Å²) in [6.07, 6.45) is 1.35. The fourth-order valence-corrected chi connectivity index (χ4v) is 3.38. The van der Waals surface area contributed by atoms with E-state index in [1.807, 2.05) is 31.2 Å². The van der Waals surface area contributed by atoms with Gasteiger partial charge in [0.2, 0.25) is 0 Å². The van der Waals surface area contributed by atoms with E-state index in [4.69, 9.17) is 9.84 Å². The van der Waals surface area contributed by atoms with E-state index in [1.165, 1.54) is 22.3 Å². The summed E-state index contributed by atoms with van der Waals surface area (Å²) in [6, 6.07) is 16.6. The lowest BCUT2D eigenvalue weighted by molar-refractivity contribution is 0.142. The summed E-state index contributed by atoms with van der Waals surface area (Å²) in [7, 11) is 0. The standard InChI is InChI=1S/C21H25NO3/c1-15(13-23)7-6-12-22-21(24)25-14-20-18-10-4-2-8-16(18)17-9-3-5-11-19(17)20/h2-5,8-11,15,20,23H,6-7,12-14H2,1H3,(H,22,24). The second kappa shape index (κ2) is 8.17. The van der Waals surface area contributed by atoms with Gasteiger partial charge < -0.3 is 15.2 Å². The fraction of sp³-hybridized carbons (Fsp3) is 0.381. The van der Waals surface area contributed by atoms with Crippen molar-refractivity contribution in [2.45, 2.75) is 25.7 Å². The largest absolute Gasteiger partial charge is 0.449 e. The van der Waals surface area contributed by atoms with Crippen molar-refractivity contribution in [3.63, 3.8) is 0 Å². The van der Waals surface area contributed by atoms with E-state index >= 15 is 0 Å². The van der Waals surface area contributed by atoms with Crippen molar-refractivity contribution in [2.75, 3.05) is 19.8 Å². The summed E-state index contributed by atoms with van der Waals surface area (Å²) >= 11 is 0. The lowest BCUT2D eigenvalue weighted by atomic mass is 9.98. The maximum Gasteiger partial charge on any atom is 0.407 e. The average Bonchev–Trinajstić information content (AvgIpc) is 2.97. The molecule has 1 aliphatic rings. The number of carbonyl (C=O) groups is 1. The zero-order valence-corrected chi connectivity index (χ0v) is 14.6. The van der Waals surface area contributed by atoms with E-state index < -0.39 is 0 Å². The Bertz CT molecular complexity index is 683. The van der Waals surface area contributed by atoms with Crippen molar-refractivity contribution in [2.24, 2.45) is 5.92 Å². The highest BCUT2D eigenvalue weighted by atomic mass is 16.5. The maximum atomic E-state index is 12.0. The SMILES string of the molecule is CC(CO)CCCNC(=O)OCC1c2ccccc2-c2ccccc21. The number of benzene rings is 2. The molecular weight excluding hydrogens is 314 g/mol. The predicted molar refractivity (Wildman–Crippen MR) is 98.6 cm³/mol. The molecule has 4 heteroatoms. The molecule has 0 radical (unpaired) electrons. The monoisotopic (exact) mass is 339 g/mol. The summed E-state index contributed by atoms with van der Waals surface area (Å²) in [6.45, 7) is 3.09. The van der Waals surface area contributed by atoms with E-state index in [-0.39, 0.29) is 24.5 Å². The van der Waals surface area contributed by atoms with Crippen LogP contribution in [0.5, 0.6) is 0 Å². The molecule has 0 saturated heterocycles. The topological polar surface area (TPSA) is 58.6 Å². The van der Waals surface area contributed by atoms with Gasteiger partial charge in [0.25, 0.3) is 0 Å². The van der Waals surface area contributed by atoms with Crippen LogP contribution in [-0.4, -0.2) is 31.0 Å². The first-order valence-corrected chi connectivity index (χ1v) is 8.90. The Hall–Kier alpha value is -2.33. The highest BCUT2D eigenvalue weighted by Crippen LogP contribution is 2.44. The summed E-state index contributed by atoms with van der Waals surface area (Å²) in [5, 5.41) is 11.8. The Morgan fingerprint density at radius 2 is 1.72 bits per heavy atom. The van der Waals surface area contributed by atoms with Crippen LogP contribution in [0.25, 0.3) is 11.1 Å².